The molecule has 0 aromatic carbocycles. The number of carboxylic acid groups (broad SMARTS) is 1. The Balaban J connectivity index is 2.55. The first-order valence-corrected chi connectivity index (χ1v) is 4.38. The summed E-state index contributed by atoms with van der Waals surface area (Å²) < 4.78 is 0. The van der Waals surface area contributed by atoms with E-state index in [2.05, 4.69) is 15.4 Å². The largest absolute Gasteiger partial charge is 0.464 e. The lowest BCUT2D eigenvalue weighted by atomic mass is 10.5. The minimum absolute atomic E-state index is 0.0746. The van der Waals surface area contributed by atoms with Crippen molar-refractivity contribution in [2.75, 3.05) is 12.3 Å². The van der Waals surface area contributed by atoms with Crippen molar-refractivity contribution in [1.29, 1.82) is 0 Å². The van der Waals surface area contributed by atoms with E-state index in [1.165, 1.54) is 12.3 Å². The van der Waals surface area contributed by atoms with Crippen LogP contribution in [0, 0.1) is 0 Å². The number of nitrogens with one attached hydrogen (secondary N) is 1. The minimum atomic E-state index is -1.25. The van der Waals surface area contributed by atoms with Crippen LogP contribution in [0.15, 0.2) is 12.3 Å². The van der Waals surface area contributed by atoms with Crippen molar-refractivity contribution in [3.63, 3.8) is 0 Å². The van der Waals surface area contributed by atoms with Crippen molar-refractivity contribution in [2.45, 2.75) is 6.54 Å². The first-order valence-electron chi connectivity index (χ1n) is 4.38. The molecule has 0 bridgehead atoms. The number of amides is 1. The number of hydrazine groups is 1. The Labute approximate surface area is 91.1 Å². The molecule has 0 unspecified atom stereocenters. The second-order valence-electron chi connectivity index (χ2n) is 2.79. The summed E-state index contributed by atoms with van der Waals surface area (Å²) in [5.74, 6) is 0.640. The van der Waals surface area contributed by atoms with Gasteiger partial charge in [0.15, 0.2) is 0 Å². The summed E-state index contributed by atoms with van der Waals surface area (Å²) >= 11 is 0. The average molecular weight is 225 g/mol. The number of aldehydes is 1. The second-order valence-corrected chi connectivity index (χ2v) is 2.79. The zero-order valence-corrected chi connectivity index (χ0v) is 8.33. The molecule has 8 heteroatoms. The van der Waals surface area contributed by atoms with Gasteiger partial charge in [-0.15, -0.1) is 0 Å². The third-order valence-corrected chi connectivity index (χ3v) is 1.64. The van der Waals surface area contributed by atoms with Crippen LogP contribution in [-0.2, 0) is 11.3 Å². The Bertz CT molecular complexity index is 384. The fraction of sp³-hybridized carbons (Fsp3) is 0.250. The molecule has 0 aliphatic heterocycles. The van der Waals surface area contributed by atoms with E-state index in [4.69, 9.17) is 10.8 Å². The van der Waals surface area contributed by atoms with Crippen LogP contribution in [0.5, 0.6) is 0 Å². The van der Waals surface area contributed by atoms with Gasteiger partial charge in [0, 0.05) is 6.20 Å². The van der Waals surface area contributed by atoms with Gasteiger partial charge in [0.25, 0.3) is 0 Å². The molecule has 4 N–H and O–H groups in total. The van der Waals surface area contributed by atoms with Crippen LogP contribution < -0.4 is 11.2 Å². The molecule has 0 radical (unpaired) electrons. The van der Waals surface area contributed by atoms with Gasteiger partial charge >= 0.3 is 6.09 Å². The molecule has 86 valence electrons. The first kappa shape index (κ1) is 11.9. The molecule has 0 aliphatic carbocycles. The molecule has 16 heavy (non-hydrogen) atoms. The van der Waals surface area contributed by atoms with E-state index in [1.54, 1.807) is 0 Å². The third kappa shape index (κ3) is 3.50. The van der Waals surface area contributed by atoms with Gasteiger partial charge in [-0.25, -0.2) is 25.2 Å². The highest BCUT2D eigenvalue weighted by molar-refractivity contribution is 5.68. The molecule has 0 saturated heterocycles. The number of anilines is 1. The highest BCUT2D eigenvalue weighted by Gasteiger charge is 2.10. The molecular weight excluding hydrogens is 214 g/mol. The van der Waals surface area contributed by atoms with Crippen molar-refractivity contribution in [3.05, 3.63) is 18.1 Å². The number of carbonyl (C=O) groups excluding carboxylic acids is 1. The van der Waals surface area contributed by atoms with Crippen molar-refractivity contribution in [1.82, 2.24) is 20.4 Å². The van der Waals surface area contributed by atoms with Gasteiger partial charge in [-0.05, 0) is 6.07 Å². The highest BCUT2D eigenvalue weighted by Crippen LogP contribution is 1.96. The van der Waals surface area contributed by atoms with E-state index in [0.717, 1.165) is 5.01 Å². The molecule has 1 aromatic rings. The van der Waals surface area contributed by atoms with Gasteiger partial charge in [0.2, 0.25) is 0 Å². The predicted molar refractivity (Wildman–Crippen MR) is 54.1 cm³/mol. The Hall–Kier alpha value is -2.22. The lowest BCUT2D eigenvalue weighted by Gasteiger charge is -2.16. The lowest BCUT2D eigenvalue weighted by Crippen LogP contribution is -2.42. The fourth-order valence-electron chi connectivity index (χ4n) is 0.951. The number of rotatable bonds is 5. The van der Waals surface area contributed by atoms with Gasteiger partial charge in [-0.3, -0.25) is 0 Å². The molecular formula is C8H11N5O3. The van der Waals surface area contributed by atoms with Gasteiger partial charge in [0.05, 0.1) is 13.1 Å². The fourth-order valence-corrected chi connectivity index (χ4v) is 0.951. The zero-order valence-electron chi connectivity index (χ0n) is 8.33. The van der Waals surface area contributed by atoms with Crippen LogP contribution in [0.2, 0.25) is 0 Å². The number of hydrogen-bond acceptors (Lipinski definition) is 6. The predicted octanol–water partition coefficient (Wildman–Crippen LogP) is -0.758. The van der Waals surface area contributed by atoms with Crippen LogP contribution in [-0.4, -0.2) is 39.0 Å². The van der Waals surface area contributed by atoms with Gasteiger partial charge in [-0.2, -0.15) is 0 Å². The van der Waals surface area contributed by atoms with E-state index < -0.39 is 6.09 Å². The number of aromatic nitrogens is 2. The Kier molecular flexibility index (Phi) is 4.16. The summed E-state index contributed by atoms with van der Waals surface area (Å²) in [7, 11) is 0. The smallest absolute Gasteiger partial charge is 0.422 e. The molecule has 0 saturated carbocycles. The van der Waals surface area contributed by atoms with Crippen LogP contribution in [0.25, 0.3) is 0 Å². The maximum absolute atomic E-state index is 10.6. The summed E-state index contributed by atoms with van der Waals surface area (Å²) in [6.45, 7) is -0.192. The molecule has 1 amide bonds. The molecule has 0 spiro atoms. The summed E-state index contributed by atoms with van der Waals surface area (Å²) in [6.07, 6.45) is 0.682. The van der Waals surface area contributed by atoms with Crippen LogP contribution in [0.3, 0.4) is 0 Å². The maximum atomic E-state index is 10.6. The quantitative estimate of drug-likeness (QED) is 0.444. The monoisotopic (exact) mass is 225 g/mol. The maximum Gasteiger partial charge on any atom is 0.422 e. The SMILES string of the molecule is Nc1ccnc(CNN(CC=O)C(=O)O)n1. The van der Waals surface area contributed by atoms with Gasteiger partial charge in [-0.1, -0.05) is 0 Å². The summed E-state index contributed by atoms with van der Waals surface area (Å²) in [6, 6.07) is 1.52. The van der Waals surface area contributed by atoms with Crippen LogP contribution in [0.1, 0.15) is 5.82 Å². The van der Waals surface area contributed by atoms with Crippen LogP contribution >= 0.6 is 0 Å². The number of nitrogen functional groups attached to an aromatic ring is 1. The molecule has 0 atom stereocenters. The molecule has 0 fully saturated rings. The number of nitrogens with two attached hydrogens (primary N) is 1. The van der Waals surface area contributed by atoms with Gasteiger partial charge in [0.1, 0.15) is 17.9 Å². The topological polar surface area (TPSA) is 121 Å². The first-order chi connectivity index (χ1) is 7.63. The van der Waals surface area contributed by atoms with Crippen molar-refractivity contribution in [3.8, 4) is 0 Å². The minimum Gasteiger partial charge on any atom is -0.464 e. The van der Waals surface area contributed by atoms with E-state index >= 15 is 0 Å². The molecule has 1 rings (SSSR count). The molecule has 0 aliphatic rings. The van der Waals surface area contributed by atoms with E-state index in [9.17, 15) is 9.59 Å². The summed E-state index contributed by atoms with van der Waals surface area (Å²) in [4.78, 5) is 28.5. The summed E-state index contributed by atoms with van der Waals surface area (Å²) in [5.41, 5.74) is 7.90. The third-order valence-electron chi connectivity index (χ3n) is 1.64. The van der Waals surface area contributed by atoms with E-state index in [-0.39, 0.29) is 13.1 Å². The zero-order chi connectivity index (χ0) is 12.0. The standard InChI is InChI=1S/C8H11N5O3/c9-6-1-2-10-7(12-6)5-11-13(3-4-14)8(15)16/h1-2,4,11H,3,5H2,(H,15,16)(H2,9,10,12). The van der Waals surface area contributed by atoms with Gasteiger partial charge < -0.3 is 15.6 Å². The van der Waals surface area contributed by atoms with Crippen LogP contribution in [0.4, 0.5) is 10.6 Å². The molecule has 8 nitrogen and oxygen atoms in total. The van der Waals surface area contributed by atoms with Crippen molar-refractivity contribution < 1.29 is 14.7 Å². The van der Waals surface area contributed by atoms with E-state index in [0.29, 0.717) is 17.9 Å². The number of hydrogen-bond donors (Lipinski definition) is 3. The number of nitrogens with zero attached hydrogens (tertiary/aromatic N) is 3. The lowest BCUT2D eigenvalue weighted by molar-refractivity contribution is -0.109. The molecule has 1 heterocycles. The average Bonchev–Trinajstić information content (AvgIpc) is 2.24. The Morgan fingerprint density at radius 2 is 2.44 bits per heavy atom. The summed E-state index contributed by atoms with van der Waals surface area (Å²) in [5, 5.41) is 9.41. The van der Waals surface area contributed by atoms with Crippen molar-refractivity contribution >= 4 is 18.2 Å². The van der Waals surface area contributed by atoms with Crippen molar-refractivity contribution in [2.24, 2.45) is 0 Å². The molecule has 1 aromatic heterocycles. The highest BCUT2D eigenvalue weighted by atomic mass is 16.4. The Morgan fingerprint density at radius 3 is 3.00 bits per heavy atom. The Morgan fingerprint density at radius 1 is 1.69 bits per heavy atom. The van der Waals surface area contributed by atoms with E-state index in [1.807, 2.05) is 0 Å². The number of carbonyl (C=O) groups is 2. The normalized spacial score (nSPS) is 9.75. The second kappa shape index (κ2) is 5.61.